The number of alkyl halides is 2. The van der Waals surface area contributed by atoms with Gasteiger partial charge in [0, 0.05) is 63.8 Å². The van der Waals surface area contributed by atoms with Gasteiger partial charge in [0.05, 0.1) is 5.75 Å². The molecule has 1 aromatic heterocycles. The summed E-state index contributed by atoms with van der Waals surface area (Å²) in [4.78, 5) is 13.2. The molecule has 3 aliphatic heterocycles. The van der Waals surface area contributed by atoms with E-state index in [1.54, 1.807) is 4.31 Å². The van der Waals surface area contributed by atoms with Gasteiger partial charge < -0.3 is 15.1 Å². The number of sulfonamides is 1. The standard InChI is InChI=1S/C21H30F2N6O2S/c1-13-3-7-29(13)20-25-18-14(2-4-21(18,22)23)19(26-20)27-10-15-16(11-27)17(15)12-32(30,31)28-8-5-24-6-9-28/h13,15-17,24H,2-12H2,1H3/t13-,15-,16+,17?/m0/s1. The van der Waals surface area contributed by atoms with E-state index in [9.17, 15) is 17.2 Å². The van der Waals surface area contributed by atoms with E-state index in [4.69, 9.17) is 4.98 Å². The Morgan fingerprint density at radius 3 is 2.47 bits per heavy atom. The summed E-state index contributed by atoms with van der Waals surface area (Å²) in [5.41, 5.74) is 0.480. The summed E-state index contributed by atoms with van der Waals surface area (Å²) >= 11 is 0. The predicted octanol–water partition coefficient (Wildman–Crippen LogP) is 1.03. The maximum absolute atomic E-state index is 14.6. The summed E-state index contributed by atoms with van der Waals surface area (Å²) in [5.74, 6) is -0.879. The Hall–Kier alpha value is -1.59. The molecule has 4 heterocycles. The lowest BCUT2D eigenvalue weighted by Gasteiger charge is -2.39. The van der Waals surface area contributed by atoms with E-state index in [0.29, 0.717) is 74.9 Å². The fraction of sp³-hybridized carbons (Fsp3) is 0.810. The van der Waals surface area contributed by atoms with Crippen LogP contribution >= 0.6 is 0 Å². The van der Waals surface area contributed by atoms with Crippen molar-refractivity contribution >= 4 is 21.8 Å². The van der Waals surface area contributed by atoms with Gasteiger partial charge in [-0.3, -0.25) is 0 Å². The Kier molecular flexibility index (Phi) is 4.72. The van der Waals surface area contributed by atoms with Crippen molar-refractivity contribution in [2.45, 2.75) is 38.2 Å². The van der Waals surface area contributed by atoms with Crippen LogP contribution < -0.4 is 15.1 Å². The lowest BCUT2D eigenvalue weighted by Crippen LogP contribution is -2.47. The van der Waals surface area contributed by atoms with E-state index < -0.39 is 15.9 Å². The lowest BCUT2D eigenvalue weighted by atomic mass is 10.1. The van der Waals surface area contributed by atoms with E-state index >= 15 is 0 Å². The third-order valence-corrected chi connectivity index (χ3v) is 10.1. The molecule has 0 amide bonds. The van der Waals surface area contributed by atoms with Crippen molar-refractivity contribution in [1.82, 2.24) is 19.6 Å². The molecule has 1 aromatic rings. The Bertz CT molecular complexity index is 1020. The summed E-state index contributed by atoms with van der Waals surface area (Å²) in [7, 11) is -3.25. The fourth-order valence-corrected chi connectivity index (χ4v) is 7.87. The molecule has 6 rings (SSSR count). The summed E-state index contributed by atoms with van der Waals surface area (Å²) < 4.78 is 56.4. The molecule has 4 fully saturated rings. The highest BCUT2D eigenvalue weighted by atomic mass is 32.2. The summed E-state index contributed by atoms with van der Waals surface area (Å²) in [6.45, 7) is 6.71. The van der Waals surface area contributed by atoms with Crippen molar-refractivity contribution in [1.29, 1.82) is 0 Å². The minimum absolute atomic E-state index is 0.102. The minimum Gasteiger partial charge on any atom is -0.356 e. The van der Waals surface area contributed by atoms with Crippen LogP contribution in [0.4, 0.5) is 20.5 Å². The molecule has 3 saturated heterocycles. The van der Waals surface area contributed by atoms with Crippen molar-refractivity contribution in [3.05, 3.63) is 11.3 Å². The number of hydrogen-bond acceptors (Lipinski definition) is 7. The van der Waals surface area contributed by atoms with Crippen LogP contribution in [0.5, 0.6) is 0 Å². The molecule has 2 aliphatic carbocycles. The van der Waals surface area contributed by atoms with Gasteiger partial charge >= 0.3 is 0 Å². The van der Waals surface area contributed by atoms with Gasteiger partial charge in [-0.2, -0.15) is 18.1 Å². The maximum Gasteiger partial charge on any atom is 0.290 e. The average molecular weight is 469 g/mol. The molecule has 1 saturated carbocycles. The maximum atomic E-state index is 14.6. The van der Waals surface area contributed by atoms with Crippen LogP contribution in [0.25, 0.3) is 0 Å². The van der Waals surface area contributed by atoms with Gasteiger partial charge in [-0.25, -0.2) is 13.4 Å². The Labute approximate surface area is 187 Å². The number of nitrogens with zero attached hydrogens (tertiary/aromatic N) is 5. The molecular weight excluding hydrogens is 438 g/mol. The number of hydrogen-bond donors (Lipinski definition) is 1. The van der Waals surface area contributed by atoms with Gasteiger partial charge in [0.15, 0.2) is 0 Å². The first-order chi connectivity index (χ1) is 15.2. The third-order valence-electron chi connectivity index (χ3n) is 8.13. The van der Waals surface area contributed by atoms with E-state index in [-0.39, 0.29) is 29.8 Å². The second kappa shape index (κ2) is 7.20. The van der Waals surface area contributed by atoms with Gasteiger partial charge in [-0.15, -0.1) is 0 Å². The molecule has 1 unspecified atom stereocenters. The van der Waals surface area contributed by atoms with Gasteiger partial charge in [-0.1, -0.05) is 0 Å². The molecule has 5 aliphatic rings. The van der Waals surface area contributed by atoms with E-state index in [1.807, 2.05) is 4.90 Å². The quantitative estimate of drug-likeness (QED) is 0.691. The number of fused-ring (bicyclic) bond motifs is 2. The fourth-order valence-electron chi connectivity index (χ4n) is 5.94. The molecular formula is C21H30F2N6O2S. The SMILES string of the molecule is C[C@H]1CCN1c1nc(N2C[C@@H]3C(CS(=O)(=O)N4CCNCC4)[C@@H]3C2)c2c(n1)C(F)(F)CC2. The predicted molar refractivity (Wildman–Crippen MR) is 117 cm³/mol. The van der Waals surface area contributed by atoms with Crippen molar-refractivity contribution in [2.24, 2.45) is 17.8 Å². The Balaban J connectivity index is 1.20. The van der Waals surface area contributed by atoms with Crippen molar-refractivity contribution in [3.8, 4) is 0 Å². The van der Waals surface area contributed by atoms with Crippen LogP contribution in [0.2, 0.25) is 0 Å². The Morgan fingerprint density at radius 1 is 1.12 bits per heavy atom. The zero-order valence-electron chi connectivity index (χ0n) is 18.3. The molecule has 8 nitrogen and oxygen atoms in total. The normalized spacial score (nSPS) is 33.7. The average Bonchev–Trinajstić information content (AvgIpc) is 3.08. The highest BCUT2D eigenvalue weighted by molar-refractivity contribution is 7.89. The number of piperidine rings is 1. The smallest absolute Gasteiger partial charge is 0.290 e. The second-order valence-corrected chi connectivity index (χ2v) is 12.0. The van der Waals surface area contributed by atoms with E-state index in [1.165, 1.54) is 0 Å². The van der Waals surface area contributed by atoms with Crippen LogP contribution in [0.3, 0.4) is 0 Å². The van der Waals surface area contributed by atoms with Gasteiger partial charge in [0.25, 0.3) is 5.92 Å². The number of piperazine rings is 1. The Morgan fingerprint density at radius 2 is 1.84 bits per heavy atom. The molecule has 4 atom stereocenters. The van der Waals surface area contributed by atoms with E-state index in [0.717, 1.165) is 13.0 Å². The minimum atomic E-state index is -3.25. The monoisotopic (exact) mass is 468 g/mol. The molecule has 0 spiro atoms. The van der Waals surface area contributed by atoms with Gasteiger partial charge in [-0.05, 0) is 37.5 Å². The van der Waals surface area contributed by atoms with Crippen LogP contribution in [0.15, 0.2) is 0 Å². The summed E-state index contributed by atoms with van der Waals surface area (Å²) in [6.07, 6.45) is 1.10. The zero-order valence-corrected chi connectivity index (χ0v) is 19.1. The first-order valence-corrected chi connectivity index (χ1v) is 13.3. The first-order valence-electron chi connectivity index (χ1n) is 11.7. The van der Waals surface area contributed by atoms with Gasteiger partial charge in [0.1, 0.15) is 11.5 Å². The molecule has 11 heteroatoms. The third kappa shape index (κ3) is 3.30. The number of anilines is 2. The summed E-state index contributed by atoms with van der Waals surface area (Å²) in [5, 5.41) is 3.19. The van der Waals surface area contributed by atoms with Crippen molar-refractivity contribution in [2.75, 3.05) is 61.4 Å². The van der Waals surface area contributed by atoms with Gasteiger partial charge in [0.2, 0.25) is 16.0 Å². The zero-order chi connectivity index (χ0) is 22.3. The topological polar surface area (TPSA) is 81.7 Å². The highest BCUT2D eigenvalue weighted by Gasteiger charge is 2.58. The summed E-state index contributed by atoms with van der Waals surface area (Å²) in [6, 6.07) is 0.266. The van der Waals surface area contributed by atoms with E-state index in [2.05, 4.69) is 22.1 Å². The molecule has 0 aromatic carbocycles. The second-order valence-electron chi connectivity index (χ2n) is 10.0. The lowest BCUT2D eigenvalue weighted by molar-refractivity contribution is -0.00595. The van der Waals surface area contributed by atoms with Crippen LogP contribution in [0.1, 0.15) is 31.0 Å². The van der Waals surface area contributed by atoms with Crippen LogP contribution in [0, 0.1) is 17.8 Å². The molecule has 0 radical (unpaired) electrons. The number of aromatic nitrogens is 2. The molecule has 176 valence electrons. The highest BCUT2D eigenvalue weighted by Crippen LogP contribution is 2.54. The molecule has 0 bridgehead atoms. The molecule has 1 N–H and O–H groups in total. The van der Waals surface area contributed by atoms with Crippen LogP contribution in [-0.4, -0.2) is 80.3 Å². The largest absolute Gasteiger partial charge is 0.356 e. The first kappa shape index (κ1) is 21.0. The number of halogens is 2. The van der Waals surface area contributed by atoms with Crippen LogP contribution in [-0.2, 0) is 22.4 Å². The number of rotatable bonds is 5. The van der Waals surface area contributed by atoms with Crippen molar-refractivity contribution < 1.29 is 17.2 Å². The number of nitrogens with one attached hydrogen (secondary N) is 1. The molecule has 32 heavy (non-hydrogen) atoms. The van der Waals surface area contributed by atoms with Crippen molar-refractivity contribution in [3.63, 3.8) is 0 Å².